The third-order valence-electron chi connectivity index (χ3n) is 3.20. The molecule has 0 unspecified atom stereocenters. The minimum absolute atomic E-state index is 0.0106. The maximum atomic E-state index is 9.97. The summed E-state index contributed by atoms with van der Waals surface area (Å²) in [6.07, 6.45) is 2.75. The maximum Gasteiger partial charge on any atom is 0.161 e. The average Bonchev–Trinajstić information content (AvgIpc) is 3.03. The summed E-state index contributed by atoms with van der Waals surface area (Å²) < 4.78 is 5.97. The van der Waals surface area contributed by atoms with Crippen molar-refractivity contribution in [2.75, 3.05) is 13.7 Å². The second kappa shape index (κ2) is 4.26. The SMILES string of the molecule is COc1cc(Br)cc(CC2(CO)CC2)c1O. The molecule has 0 atom stereocenters. The van der Waals surface area contributed by atoms with Crippen LogP contribution in [0.4, 0.5) is 0 Å². The van der Waals surface area contributed by atoms with Gasteiger partial charge in [0.25, 0.3) is 0 Å². The molecule has 1 fully saturated rings. The molecular weight excluding hydrogens is 272 g/mol. The standard InChI is InChI=1S/C12H15BrO3/c1-16-10-5-9(13)4-8(11(10)15)6-12(7-14)2-3-12/h4-5,14-15H,2-3,6-7H2,1H3. The van der Waals surface area contributed by atoms with Crippen molar-refractivity contribution in [1.29, 1.82) is 0 Å². The zero-order chi connectivity index (χ0) is 11.8. The van der Waals surface area contributed by atoms with E-state index >= 15 is 0 Å². The number of methoxy groups -OCH3 is 1. The Balaban J connectivity index is 2.29. The number of rotatable bonds is 4. The smallest absolute Gasteiger partial charge is 0.161 e. The van der Waals surface area contributed by atoms with Gasteiger partial charge in [0.15, 0.2) is 11.5 Å². The molecule has 88 valence electrons. The molecule has 0 spiro atoms. The highest BCUT2D eigenvalue weighted by atomic mass is 79.9. The molecule has 0 saturated heterocycles. The normalized spacial score (nSPS) is 17.2. The van der Waals surface area contributed by atoms with E-state index in [-0.39, 0.29) is 17.8 Å². The molecule has 0 heterocycles. The quantitative estimate of drug-likeness (QED) is 0.894. The van der Waals surface area contributed by atoms with Gasteiger partial charge in [-0.05, 0) is 42.4 Å². The minimum atomic E-state index is -0.0106. The Bertz CT molecular complexity index is 399. The van der Waals surface area contributed by atoms with Crippen LogP contribution in [0.25, 0.3) is 0 Å². The predicted molar refractivity (Wildman–Crippen MR) is 64.8 cm³/mol. The Hall–Kier alpha value is -0.740. The zero-order valence-corrected chi connectivity index (χ0v) is 10.7. The Morgan fingerprint density at radius 2 is 2.12 bits per heavy atom. The molecule has 0 aliphatic heterocycles. The highest BCUT2D eigenvalue weighted by Crippen LogP contribution is 2.50. The number of hydrogen-bond acceptors (Lipinski definition) is 3. The van der Waals surface area contributed by atoms with E-state index in [0.717, 1.165) is 22.9 Å². The number of benzene rings is 1. The van der Waals surface area contributed by atoms with Gasteiger partial charge >= 0.3 is 0 Å². The molecule has 1 saturated carbocycles. The Morgan fingerprint density at radius 3 is 2.62 bits per heavy atom. The largest absolute Gasteiger partial charge is 0.504 e. The van der Waals surface area contributed by atoms with E-state index in [4.69, 9.17) is 4.74 Å². The van der Waals surface area contributed by atoms with Gasteiger partial charge in [-0.3, -0.25) is 0 Å². The van der Waals surface area contributed by atoms with Crippen LogP contribution < -0.4 is 4.74 Å². The van der Waals surface area contributed by atoms with Crippen molar-refractivity contribution >= 4 is 15.9 Å². The van der Waals surface area contributed by atoms with Crippen LogP contribution in [0.2, 0.25) is 0 Å². The molecule has 1 aromatic rings. The van der Waals surface area contributed by atoms with Crippen LogP contribution in [0.15, 0.2) is 16.6 Å². The molecular formula is C12H15BrO3. The first-order valence-electron chi connectivity index (χ1n) is 5.26. The number of phenolic OH excluding ortho intramolecular Hbond substituents is 1. The van der Waals surface area contributed by atoms with Crippen molar-refractivity contribution in [3.8, 4) is 11.5 Å². The topological polar surface area (TPSA) is 49.7 Å². The van der Waals surface area contributed by atoms with E-state index in [9.17, 15) is 10.2 Å². The zero-order valence-electron chi connectivity index (χ0n) is 9.16. The van der Waals surface area contributed by atoms with E-state index in [2.05, 4.69) is 15.9 Å². The number of hydrogen-bond donors (Lipinski definition) is 2. The van der Waals surface area contributed by atoms with Gasteiger partial charge < -0.3 is 14.9 Å². The summed E-state index contributed by atoms with van der Waals surface area (Å²) in [5, 5.41) is 19.3. The summed E-state index contributed by atoms with van der Waals surface area (Å²) in [6, 6.07) is 3.62. The van der Waals surface area contributed by atoms with Crippen molar-refractivity contribution in [2.45, 2.75) is 19.3 Å². The average molecular weight is 287 g/mol. The van der Waals surface area contributed by atoms with Crippen LogP contribution in [-0.2, 0) is 6.42 Å². The molecule has 2 N–H and O–H groups in total. The van der Waals surface area contributed by atoms with Crippen molar-refractivity contribution < 1.29 is 14.9 Å². The number of aromatic hydroxyl groups is 1. The molecule has 4 heteroatoms. The van der Waals surface area contributed by atoms with E-state index in [0.29, 0.717) is 12.2 Å². The van der Waals surface area contributed by atoms with Gasteiger partial charge in [0.05, 0.1) is 7.11 Å². The lowest BCUT2D eigenvalue weighted by atomic mass is 9.96. The van der Waals surface area contributed by atoms with E-state index in [1.165, 1.54) is 7.11 Å². The van der Waals surface area contributed by atoms with E-state index in [1.807, 2.05) is 6.07 Å². The van der Waals surface area contributed by atoms with Gasteiger partial charge in [0, 0.05) is 11.1 Å². The first kappa shape index (κ1) is 11.7. The summed E-state index contributed by atoms with van der Waals surface area (Å²) in [7, 11) is 1.53. The van der Waals surface area contributed by atoms with Crippen LogP contribution in [-0.4, -0.2) is 23.9 Å². The number of ether oxygens (including phenoxy) is 1. The lowest BCUT2D eigenvalue weighted by molar-refractivity contribution is 0.210. The van der Waals surface area contributed by atoms with Crippen molar-refractivity contribution in [1.82, 2.24) is 0 Å². The summed E-state index contributed by atoms with van der Waals surface area (Å²) in [5.41, 5.74) is 0.821. The van der Waals surface area contributed by atoms with Crippen molar-refractivity contribution in [2.24, 2.45) is 5.41 Å². The minimum Gasteiger partial charge on any atom is -0.504 e. The fourth-order valence-electron chi connectivity index (χ4n) is 1.89. The highest BCUT2D eigenvalue weighted by molar-refractivity contribution is 9.10. The van der Waals surface area contributed by atoms with Crippen LogP contribution in [0.3, 0.4) is 0 Å². The first-order chi connectivity index (χ1) is 7.60. The Labute approximate surface area is 103 Å². The first-order valence-corrected chi connectivity index (χ1v) is 6.06. The molecule has 1 aromatic carbocycles. The van der Waals surface area contributed by atoms with Gasteiger partial charge in [-0.15, -0.1) is 0 Å². The predicted octanol–water partition coefficient (Wildman–Crippen LogP) is 2.48. The molecule has 3 nitrogen and oxygen atoms in total. The Kier molecular flexibility index (Phi) is 3.13. The van der Waals surface area contributed by atoms with Crippen LogP contribution >= 0.6 is 15.9 Å². The molecule has 0 radical (unpaired) electrons. The van der Waals surface area contributed by atoms with E-state index < -0.39 is 0 Å². The molecule has 0 aromatic heterocycles. The fourth-order valence-corrected chi connectivity index (χ4v) is 2.37. The summed E-state index contributed by atoms with van der Waals surface area (Å²) in [5.74, 6) is 0.656. The maximum absolute atomic E-state index is 9.97. The van der Waals surface area contributed by atoms with Crippen LogP contribution in [0.5, 0.6) is 11.5 Å². The summed E-state index contributed by atoms with van der Waals surface area (Å²) >= 11 is 3.38. The van der Waals surface area contributed by atoms with Gasteiger partial charge in [-0.1, -0.05) is 15.9 Å². The molecule has 1 aliphatic rings. The van der Waals surface area contributed by atoms with Crippen molar-refractivity contribution in [3.05, 3.63) is 22.2 Å². The van der Waals surface area contributed by atoms with Gasteiger partial charge in [0.1, 0.15) is 0 Å². The summed E-state index contributed by atoms with van der Waals surface area (Å²) in [6.45, 7) is 0.182. The number of phenols is 1. The number of halogens is 1. The third-order valence-corrected chi connectivity index (χ3v) is 3.65. The Morgan fingerprint density at radius 1 is 1.44 bits per heavy atom. The van der Waals surface area contributed by atoms with Crippen LogP contribution in [0, 0.1) is 5.41 Å². The summed E-state index contributed by atoms with van der Waals surface area (Å²) in [4.78, 5) is 0. The van der Waals surface area contributed by atoms with Gasteiger partial charge in [-0.25, -0.2) is 0 Å². The lowest BCUT2D eigenvalue weighted by Crippen LogP contribution is -2.10. The number of aliphatic hydroxyl groups excluding tert-OH is 1. The molecule has 2 rings (SSSR count). The van der Waals surface area contributed by atoms with Crippen molar-refractivity contribution in [3.63, 3.8) is 0 Å². The second-order valence-electron chi connectivity index (χ2n) is 4.45. The fraction of sp³-hybridized carbons (Fsp3) is 0.500. The highest BCUT2D eigenvalue weighted by Gasteiger charge is 2.42. The second-order valence-corrected chi connectivity index (χ2v) is 5.37. The molecule has 0 amide bonds. The van der Waals surface area contributed by atoms with E-state index in [1.54, 1.807) is 6.07 Å². The third kappa shape index (κ3) is 2.18. The molecule has 1 aliphatic carbocycles. The van der Waals surface area contributed by atoms with Gasteiger partial charge in [0.2, 0.25) is 0 Å². The van der Waals surface area contributed by atoms with Gasteiger partial charge in [-0.2, -0.15) is 0 Å². The molecule has 0 bridgehead atoms. The number of aliphatic hydroxyl groups is 1. The molecule has 16 heavy (non-hydrogen) atoms. The lowest BCUT2D eigenvalue weighted by Gasteiger charge is -2.15. The van der Waals surface area contributed by atoms with Crippen LogP contribution in [0.1, 0.15) is 18.4 Å². The monoisotopic (exact) mass is 286 g/mol.